The first-order chi connectivity index (χ1) is 16.9. The number of hydrogen-bond acceptors (Lipinski definition) is 6. The van der Waals surface area contributed by atoms with Gasteiger partial charge in [0.25, 0.3) is 11.2 Å². The molecule has 1 aromatic heterocycles. The predicted octanol–water partition coefficient (Wildman–Crippen LogP) is 4.77. The number of nitro benzene ring substituents is 1. The largest absolute Gasteiger partial charge is 0.497 e. The van der Waals surface area contributed by atoms with E-state index >= 15 is 0 Å². The Hall–Kier alpha value is -4.66. The van der Waals surface area contributed by atoms with Crippen molar-refractivity contribution in [3.63, 3.8) is 0 Å². The van der Waals surface area contributed by atoms with Gasteiger partial charge in [-0.3, -0.25) is 25.0 Å². The van der Waals surface area contributed by atoms with Crippen molar-refractivity contribution in [2.24, 2.45) is 4.99 Å². The highest BCUT2D eigenvalue weighted by Crippen LogP contribution is 2.25. The first-order valence-corrected chi connectivity index (χ1v) is 10.8. The van der Waals surface area contributed by atoms with Gasteiger partial charge in [-0.05, 0) is 49.4 Å². The summed E-state index contributed by atoms with van der Waals surface area (Å²) in [6, 6.07) is 20.7. The van der Waals surface area contributed by atoms with Crippen molar-refractivity contribution in [3.8, 4) is 28.4 Å². The molecule has 1 heterocycles. The van der Waals surface area contributed by atoms with Gasteiger partial charge in [-0.1, -0.05) is 18.2 Å². The topological polar surface area (TPSA) is 112 Å². The van der Waals surface area contributed by atoms with Gasteiger partial charge in [0, 0.05) is 29.0 Å². The molecule has 0 saturated heterocycles. The standard InChI is InChI=1S/C26H24N4O5/c1-17(27-16-19-6-4-5-7-23(19)35-3)24-25(18-8-14-22(34-2)15-9-18)28-29(26(24)31)20-10-12-21(13-11-20)30(32)33/h4-15,28H,16H2,1-3H3. The van der Waals surface area contributed by atoms with Gasteiger partial charge in [-0.25, -0.2) is 4.68 Å². The molecule has 0 fully saturated rings. The number of hydrogen-bond donors (Lipinski definition) is 1. The van der Waals surface area contributed by atoms with Crippen LogP contribution in [0.5, 0.6) is 11.5 Å². The quantitative estimate of drug-likeness (QED) is 0.226. The van der Waals surface area contributed by atoms with Crippen LogP contribution in [0.25, 0.3) is 16.9 Å². The van der Waals surface area contributed by atoms with Crippen molar-refractivity contribution < 1.29 is 14.4 Å². The molecular formula is C26H24N4O5. The van der Waals surface area contributed by atoms with Gasteiger partial charge in [-0.2, -0.15) is 0 Å². The molecule has 0 saturated carbocycles. The summed E-state index contributed by atoms with van der Waals surface area (Å²) < 4.78 is 12.0. The second-order valence-electron chi connectivity index (χ2n) is 7.72. The number of aliphatic imine (C=N–C) groups is 1. The lowest BCUT2D eigenvalue weighted by Gasteiger charge is -2.07. The zero-order valence-corrected chi connectivity index (χ0v) is 19.5. The Balaban J connectivity index is 1.81. The van der Waals surface area contributed by atoms with Gasteiger partial charge in [0.2, 0.25) is 0 Å². The molecular weight excluding hydrogens is 448 g/mol. The van der Waals surface area contributed by atoms with E-state index < -0.39 is 4.92 Å². The summed E-state index contributed by atoms with van der Waals surface area (Å²) in [6.45, 7) is 2.12. The zero-order valence-electron chi connectivity index (χ0n) is 19.5. The Morgan fingerprint density at radius 2 is 1.69 bits per heavy atom. The number of non-ortho nitro benzene ring substituents is 1. The third kappa shape index (κ3) is 4.84. The number of para-hydroxylation sites is 1. The minimum Gasteiger partial charge on any atom is -0.497 e. The smallest absolute Gasteiger partial charge is 0.280 e. The SMILES string of the molecule is COc1ccc(-c2[nH]n(-c3ccc([N+](=O)[O-])cc3)c(=O)c2C(C)=NCc2ccccc2OC)cc1. The number of nitrogens with one attached hydrogen (secondary N) is 1. The molecule has 3 aromatic carbocycles. The number of rotatable bonds is 8. The van der Waals surface area contributed by atoms with E-state index in [1.165, 1.54) is 28.9 Å². The summed E-state index contributed by atoms with van der Waals surface area (Å²) in [5, 5.41) is 14.2. The van der Waals surface area contributed by atoms with Crippen molar-refractivity contribution in [2.45, 2.75) is 13.5 Å². The molecule has 0 radical (unpaired) electrons. The highest BCUT2D eigenvalue weighted by Gasteiger charge is 2.20. The summed E-state index contributed by atoms with van der Waals surface area (Å²) in [7, 11) is 3.19. The maximum atomic E-state index is 13.5. The number of ether oxygens (including phenoxy) is 2. The monoisotopic (exact) mass is 472 g/mol. The summed E-state index contributed by atoms with van der Waals surface area (Å²) >= 11 is 0. The number of aromatic nitrogens is 2. The van der Waals surface area contributed by atoms with Gasteiger partial charge in [0.05, 0.1) is 42.6 Å². The van der Waals surface area contributed by atoms with Crippen LogP contribution >= 0.6 is 0 Å². The molecule has 0 amide bonds. The maximum absolute atomic E-state index is 13.5. The van der Waals surface area contributed by atoms with Crippen LogP contribution in [0.2, 0.25) is 0 Å². The molecule has 0 spiro atoms. The van der Waals surface area contributed by atoms with Gasteiger partial charge in [-0.15, -0.1) is 0 Å². The minimum absolute atomic E-state index is 0.0569. The predicted molar refractivity (Wildman–Crippen MR) is 134 cm³/mol. The van der Waals surface area contributed by atoms with Gasteiger partial charge in [0.1, 0.15) is 11.5 Å². The zero-order chi connectivity index (χ0) is 24.9. The fourth-order valence-corrected chi connectivity index (χ4v) is 3.76. The Kier molecular flexibility index (Phi) is 6.77. The molecule has 0 aliphatic carbocycles. The van der Waals surface area contributed by atoms with E-state index in [1.54, 1.807) is 21.1 Å². The fraction of sp³-hybridized carbons (Fsp3) is 0.154. The number of nitro groups is 1. The Morgan fingerprint density at radius 3 is 2.31 bits per heavy atom. The Labute approximate surface area is 201 Å². The third-order valence-electron chi connectivity index (χ3n) is 5.63. The van der Waals surface area contributed by atoms with E-state index in [-0.39, 0.29) is 11.2 Å². The highest BCUT2D eigenvalue weighted by molar-refractivity contribution is 6.03. The van der Waals surface area contributed by atoms with Crippen molar-refractivity contribution in [2.75, 3.05) is 14.2 Å². The molecule has 0 bridgehead atoms. The Morgan fingerprint density at radius 1 is 1.00 bits per heavy atom. The number of nitrogens with zero attached hydrogens (tertiary/aromatic N) is 3. The maximum Gasteiger partial charge on any atom is 0.280 e. The van der Waals surface area contributed by atoms with Gasteiger partial charge in [0.15, 0.2) is 0 Å². The molecule has 0 unspecified atom stereocenters. The average molecular weight is 473 g/mol. The number of benzene rings is 3. The van der Waals surface area contributed by atoms with Crippen molar-refractivity contribution in [3.05, 3.63) is 104 Å². The van der Waals surface area contributed by atoms with Crippen LogP contribution < -0.4 is 15.0 Å². The molecule has 4 rings (SSSR count). The normalized spacial score (nSPS) is 11.3. The van der Waals surface area contributed by atoms with E-state index in [2.05, 4.69) is 10.1 Å². The molecule has 35 heavy (non-hydrogen) atoms. The highest BCUT2D eigenvalue weighted by atomic mass is 16.6. The van der Waals surface area contributed by atoms with Crippen LogP contribution in [0, 0.1) is 10.1 Å². The molecule has 9 heteroatoms. The first kappa shape index (κ1) is 23.5. The summed E-state index contributed by atoms with van der Waals surface area (Å²) in [4.78, 5) is 28.8. The number of H-pyrrole nitrogens is 1. The van der Waals surface area contributed by atoms with Crippen LogP contribution in [-0.4, -0.2) is 34.6 Å². The lowest BCUT2D eigenvalue weighted by Crippen LogP contribution is -2.19. The third-order valence-corrected chi connectivity index (χ3v) is 5.63. The summed E-state index contributed by atoms with van der Waals surface area (Å²) in [5.41, 5.74) is 3.30. The second-order valence-corrected chi connectivity index (χ2v) is 7.72. The van der Waals surface area contributed by atoms with E-state index in [0.29, 0.717) is 35.0 Å². The summed E-state index contributed by atoms with van der Waals surface area (Å²) in [6.07, 6.45) is 0. The molecule has 9 nitrogen and oxygen atoms in total. The van der Waals surface area contributed by atoms with Crippen LogP contribution in [0.15, 0.2) is 82.6 Å². The van der Waals surface area contributed by atoms with Crippen molar-refractivity contribution >= 4 is 11.4 Å². The van der Waals surface area contributed by atoms with Crippen LogP contribution in [0.3, 0.4) is 0 Å². The number of aromatic amines is 1. The van der Waals surface area contributed by atoms with Crippen LogP contribution in [0.4, 0.5) is 5.69 Å². The minimum atomic E-state index is -0.482. The van der Waals surface area contributed by atoms with Gasteiger partial charge < -0.3 is 9.47 Å². The molecule has 178 valence electrons. The van der Waals surface area contributed by atoms with E-state index in [0.717, 1.165) is 16.9 Å². The molecule has 1 N–H and O–H groups in total. The van der Waals surface area contributed by atoms with E-state index in [1.807, 2.05) is 48.5 Å². The molecule has 4 aromatic rings. The summed E-state index contributed by atoms with van der Waals surface area (Å²) in [5.74, 6) is 1.41. The Bertz CT molecular complexity index is 1430. The number of methoxy groups -OCH3 is 2. The average Bonchev–Trinajstić information content (AvgIpc) is 3.24. The van der Waals surface area contributed by atoms with E-state index in [9.17, 15) is 14.9 Å². The lowest BCUT2D eigenvalue weighted by molar-refractivity contribution is -0.384. The second kappa shape index (κ2) is 10.1. The molecule has 0 atom stereocenters. The molecule has 0 aliphatic heterocycles. The van der Waals surface area contributed by atoms with Crippen LogP contribution in [0.1, 0.15) is 18.1 Å². The van der Waals surface area contributed by atoms with Crippen LogP contribution in [-0.2, 0) is 6.54 Å². The lowest BCUT2D eigenvalue weighted by atomic mass is 10.0. The van der Waals surface area contributed by atoms with Crippen molar-refractivity contribution in [1.82, 2.24) is 9.78 Å². The molecule has 0 aliphatic rings. The van der Waals surface area contributed by atoms with E-state index in [4.69, 9.17) is 9.47 Å². The first-order valence-electron chi connectivity index (χ1n) is 10.8. The fourth-order valence-electron chi connectivity index (χ4n) is 3.76. The van der Waals surface area contributed by atoms with Gasteiger partial charge >= 0.3 is 0 Å². The van der Waals surface area contributed by atoms with Crippen molar-refractivity contribution in [1.29, 1.82) is 0 Å².